The Labute approximate surface area is 105 Å². The number of anilines is 1. The van der Waals surface area contributed by atoms with Crippen LogP contribution in [0, 0.1) is 0 Å². The van der Waals surface area contributed by atoms with Gasteiger partial charge < -0.3 is 10.8 Å². The fourth-order valence-corrected chi connectivity index (χ4v) is 2.65. The standard InChI is InChI=1S/C9H14ClN3O3S/c1-6(5-14)13(2)17(15,16)7-3-8(10)9(11)12-4-7/h3-4,6,14H,5H2,1-2H3,(H2,11,12). The molecule has 0 saturated heterocycles. The van der Waals surface area contributed by atoms with Gasteiger partial charge in [0.1, 0.15) is 10.7 Å². The molecule has 0 bridgehead atoms. The van der Waals surface area contributed by atoms with Crippen LogP contribution in [0.25, 0.3) is 0 Å². The first kappa shape index (κ1) is 14.2. The number of nitrogens with zero attached hydrogens (tertiary/aromatic N) is 2. The van der Waals surface area contributed by atoms with Crippen LogP contribution in [-0.4, -0.2) is 42.5 Å². The van der Waals surface area contributed by atoms with Crippen LogP contribution in [-0.2, 0) is 10.0 Å². The molecule has 6 nitrogen and oxygen atoms in total. The molecule has 1 atom stereocenters. The number of likely N-dealkylation sites (N-methyl/N-ethyl adjacent to an activating group) is 1. The fraction of sp³-hybridized carbons (Fsp3) is 0.444. The summed E-state index contributed by atoms with van der Waals surface area (Å²) >= 11 is 5.72. The van der Waals surface area contributed by atoms with E-state index in [0.717, 1.165) is 10.5 Å². The van der Waals surface area contributed by atoms with Crippen molar-refractivity contribution < 1.29 is 13.5 Å². The van der Waals surface area contributed by atoms with Crippen molar-refractivity contribution in [1.29, 1.82) is 0 Å². The Morgan fingerprint density at radius 2 is 2.24 bits per heavy atom. The van der Waals surface area contributed by atoms with Crippen LogP contribution in [0.1, 0.15) is 6.92 Å². The summed E-state index contributed by atoms with van der Waals surface area (Å²) in [6.45, 7) is 1.32. The van der Waals surface area contributed by atoms with Gasteiger partial charge in [-0.05, 0) is 13.0 Å². The molecular formula is C9H14ClN3O3S. The van der Waals surface area contributed by atoms with Crippen LogP contribution in [0.5, 0.6) is 0 Å². The first-order valence-corrected chi connectivity index (χ1v) is 6.62. The van der Waals surface area contributed by atoms with Crippen molar-refractivity contribution in [1.82, 2.24) is 9.29 Å². The van der Waals surface area contributed by atoms with E-state index in [4.69, 9.17) is 22.4 Å². The molecule has 0 aromatic carbocycles. The van der Waals surface area contributed by atoms with Crippen molar-refractivity contribution >= 4 is 27.4 Å². The molecule has 0 radical (unpaired) electrons. The van der Waals surface area contributed by atoms with E-state index in [9.17, 15) is 8.42 Å². The van der Waals surface area contributed by atoms with Crippen molar-refractivity contribution in [3.05, 3.63) is 17.3 Å². The van der Waals surface area contributed by atoms with Gasteiger partial charge in [-0.3, -0.25) is 0 Å². The maximum absolute atomic E-state index is 12.1. The molecule has 0 aliphatic rings. The summed E-state index contributed by atoms with van der Waals surface area (Å²) in [6.07, 6.45) is 1.14. The number of nitrogens with two attached hydrogens (primary N) is 1. The minimum Gasteiger partial charge on any atom is -0.395 e. The number of aliphatic hydroxyl groups is 1. The lowest BCUT2D eigenvalue weighted by atomic mass is 10.4. The molecule has 1 aromatic heterocycles. The number of aliphatic hydroxyl groups excluding tert-OH is 1. The van der Waals surface area contributed by atoms with Gasteiger partial charge in [0, 0.05) is 19.3 Å². The number of aromatic nitrogens is 1. The van der Waals surface area contributed by atoms with Crippen molar-refractivity contribution in [3.8, 4) is 0 Å². The third kappa shape index (κ3) is 2.86. The molecule has 17 heavy (non-hydrogen) atoms. The van der Waals surface area contributed by atoms with E-state index in [2.05, 4.69) is 4.98 Å². The van der Waals surface area contributed by atoms with Gasteiger partial charge >= 0.3 is 0 Å². The maximum Gasteiger partial charge on any atom is 0.244 e. The van der Waals surface area contributed by atoms with E-state index in [-0.39, 0.29) is 22.3 Å². The minimum absolute atomic E-state index is 0.0560. The van der Waals surface area contributed by atoms with Gasteiger partial charge in [-0.15, -0.1) is 0 Å². The molecule has 1 unspecified atom stereocenters. The highest BCUT2D eigenvalue weighted by Crippen LogP contribution is 2.22. The van der Waals surface area contributed by atoms with Crippen LogP contribution >= 0.6 is 11.6 Å². The highest BCUT2D eigenvalue weighted by Gasteiger charge is 2.25. The molecule has 0 saturated carbocycles. The molecular weight excluding hydrogens is 266 g/mol. The van der Waals surface area contributed by atoms with Gasteiger partial charge in [0.05, 0.1) is 11.6 Å². The molecule has 1 heterocycles. The first-order chi connectivity index (χ1) is 7.80. The smallest absolute Gasteiger partial charge is 0.244 e. The number of halogens is 1. The highest BCUT2D eigenvalue weighted by molar-refractivity contribution is 7.89. The lowest BCUT2D eigenvalue weighted by molar-refractivity contribution is 0.214. The van der Waals surface area contributed by atoms with E-state index in [0.29, 0.717) is 0 Å². The Kier molecular flexibility index (Phi) is 4.31. The summed E-state index contributed by atoms with van der Waals surface area (Å²) in [5.41, 5.74) is 5.40. The van der Waals surface area contributed by atoms with Crippen LogP contribution in [0.3, 0.4) is 0 Å². The molecule has 96 valence electrons. The van der Waals surface area contributed by atoms with Gasteiger partial charge in [0.2, 0.25) is 10.0 Å². The van der Waals surface area contributed by atoms with Gasteiger partial charge in [-0.2, -0.15) is 4.31 Å². The molecule has 1 aromatic rings. The highest BCUT2D eigenvalue weighted by atomic mass is 35.5. The number of pyridine rings is 1. The van der Waals surface area contributed by atoms with Gasteiger partial charge in [0.25, 0.3) is 0 Å². The molecule has 0 aliphatic carbocycles. The third-order valence-electron chi connectivity index (χ3n) is 2.41. The lowest BCUT2D eigenvalue weighted by Crippen LogP contribution is -2.37. The number of rotatable bonds is 4. The Balaban J connectivity index is 3.17. The summed E-state index contributed by atoms with van der Waals surface area (Å²) in [4.78, 5) is 3.63. The van der Waals surface area contributed by atoms with E-state index in [1.807, 2.05) is 0 Å². The average molecular weight is 280 g/mol. The zero-order valence-corrected chi connectivity index (χ0v) is 11.0. The zero-order valence-electron chi connectivity index (χ0n) is 9.46. The molecule has 3 N–H and O–H groups in total. The number of hydrogen-bond acceptors (Lipinski definition) is 5. The largest absolute Gasteiger partial charge is 0.395 e. The number of sulfonamides is 1. The second-order valence-electron chi connectivity index (χ2n) is 3.59. The Morgan fingerprint density at radius 3 is 2.71 bits per heavy atom. The third-order valence-corrected chi connectivity index (χ3v) is 4.65. The zero-order chi connectivity index (χ0) is 13.2. The van der Waals surface area contributed by atoms with E-state index in [1.54, 1.807) is 6.92 Å². The Hall–Kier alpha value is -0.890. The number of nitrogen functional groups attached to an aromatic ring is 1. The SMILES string of the molecule is CC(CO)N(C)S(=O)(=O)c1cnc(N)c(Cl)c1. The van der Waals surface area contributed by atoms with Crippen LogP contribution in [0.4, 0.5) is 5.82 Å². The van der Waals surface area contributed by atoms with E-state index in [1.165, 1.54) is 13.1 Å². The van der Waals surface area contributed by atoms with Gasteiger partial charge in [-0.25, -0.2) is 13.4 Å². The molecule has 1 rings (SSSR count). The topological polar surface area (TPSA) is 96.5 Å². The average Bonchev–Trinajstić information content (AvgIpc) is 2.30. The summed E-state index contributed by atoms with van der Waals surface area (Å²) in [7, 11) is -2.34. The summed E-state index contributed by atoms with van der Waals surface area (Å²) in [6, 6.07) is 0.705. The van der Waals surface area contributed by atoms with Crippen LogP contribution in [0.15, 0.2) is 17.2 Å². The van der Waals surface area contributed by atoms with Gasteiger partial charge in [-0.1, -0.05) is 11.6 Å². The van der Waals surface area contributed by atoms with E-state index < -0.39 is 16.1 Å². The Morgan fingerprint density at radius 1 is 1.65 bits per heavy atom. The summed E-state index contributed by atoms with van der Waals surface area (Å²) < 4.78 is 25.2. The second kappa shape index (κ2) is 5.18. The minimum atomic E-state index is -3.72. The fourth-order valence-electron chi connectivity index (χ4n) is 1.09. The van der Waals surface area contributed by atoms with E-state index >= 15 is 0 Å². The van der Waals surface area contributed by atoms with Crippen molar-refractivity contribution in [3.63, 3.8) is 0 Å². The molecule has 8 heteroatoms. The molecule has 0 spiro atoms. The summed E-state index contributed by atoms with van der Waals surface area (Å²) in [5.74, 6) is 0.0727. The van der Waals surface area contributed by atoms with Gasteiger partial charge in [0.15, 0.2) is 0 Å². The monoisotopic (exact) mass is 279 g/mol. The van der Waals surface area contributed by atoms with Crippen LogP contribution in [0.2, 0.25) is 5.02 Å². The maximum atomic E-state index is 12.1. The van der Waals surface area contributed by atoms with Crippen LogP contribution < -0.4 is 5.73 Å². The quantitative estimate of drug-likeness (QED) is 0.827. The predicted octanol–water partition coefficient (Wildman–Crippen LogP) is 0.319. The molecule has 0 fully saturated rings. The molecule has 0 aliphatic heterocycles. The Bertz CT molecular complexity index is 506. The van der Waals surface area contributed by atoms with Crippen molar-refractivity contribution in [2.75, 3.05) is 19.4 Å². The number of hydrogen-bond donors (Lipinski definition) is 2. The first-order valence-electron chi connectivity index (χ1n) is 4.80. The summed E-state index contributed by atoms with van der Waals surface area (Å²) in [5, 5.41) is 9.03. The van der Waals surface area contributed by atoms with Crippen molar-refractivity contribution in [2.24, 2.45) is 0 Å². The predicted molar refractivity (Wildman–Crippen MR) is 65.2 cm³/mol. The lowest BCUT2D eigenvalue weighted by Gasteiger charge is -2.22. The molecule has 0 amide bonds. The normalized spacial score (nSPS) is 13.9. The van der Waals surface area contributed by atoms with Crippen molar-refractivity contribution in [2.45, 2.75) is 17.9 Å². The second-order valence-corrected chi connectivity index (χ2v) is 6.00.